The zero-order valence-electron chi connectivity index (χ0n) is 9.26. The fraction of sp³-hybridized carbons (Fsp3) is 0.417. The van der Waals surface area contributed by atoms with Crippen molar-refractivity contribution in [3.8, 4) is 5.75 Å². The van der Waals surface area contributed by atoms with Crippen molar-refractivity contribution < 1.29 is 9.53 Å². The summed E-state index contributed by atoms with van der Waals surface area (Å²) in [5, 5.41) is 3.28. The molecule has 0 fully saturated rings. The van der Waals surface area contributed by atoms with E-state index in [4.69, 9.17) is 4.74 Å². The minimum absolute atomic E-state index is 0.0600. The van der Waals surface area contributed by atoms with Crippen molar-refractivity contribution in [1.29, 1.82) is 0 Å². The highest BCUT2D eigenvalue weighted by atomic mass is 16.5. The van der Waals surface area contributed by atoms with Crippen LogP contribution in [0.15, 0.2) is 18.2 Å². The van der Waals surface area contributed by atoms with Crippen LogP contribution < -0.4 is 10.1 Å². The molecule has 1 aromatic carbocycles. The van der Waals surface area contributed by atoms with E-state index in [-0.39, 0.29) is 11.4 Å². The topological polar surface area (TPSA) is 38.3 Å². The zero-order chi connectivity index (χ0) is 11.1. The van der Waals surface area contributed by atoms with E-state index in [0.717, 1.165) is 18.0 Å². The highest BCUT2D eigenvalue weighted by Crippen LogP contribution is 2.33. The van der Waals surface area contributed by atoms with E-state index in [1.807, 2.05) is 26.0 Å². The molecule has 15 heavy (non-hydrogen) atoms. The smallest absolute Gasteiger partial charge is 0.159 e. The third-order valence-electron chi connectivity index (χ3n) is 2.48. The molecule has 0 amide bonds. The number of Topliss-reactive ketones (excluding diaryl/α,β-unsaturated/α-hetero) is 1. The molecule has 2 rings (SSSR count). The van der Waals surface area contributed by atoms with Crippen LogP contribution in [0.25, 0.3) is 0 Å². The second kappa shape index (κ2) is 3.26. The fourth-order valence-electron chi connectivity index (χ4n) is 1.61. The maximum Gasteiger partial charge on any atom is 0.159 e. The average Bonchev–Trinajstić information content (AvgIpc) is 2.15. The molecule has 1 aliphatic rings. The van der Waals surface area contributed by atoms with Gasteiger partial charge in [-0.1, -0.05) is 0 Å². The van der Waals surface area contributed by atoms with Crippen molar-refractivity contribution >= 4 is 11.5 Å². The fourth-order valence-corrected chi connectivity index (χ4v) is 1.61. The maximum atomic E-state index is 11.2. The number of nitrogens with one attached hydrogen (secondary N) is 1. The molecule has 0 saturated heterocycles. The second-order valence-electron chi connectivity index (χ2n) is 4.48. The molecule has 1 aromatic rings. The third-order valence-corrected chi connectivity index (χ3v) is 2.48. The van der Waals surface area contributed by atoms with Gasteiger partial charge < -0.3 is 10.1 Å². The van der Waals surface area contributed by atoms with Crippen molar-refractivity contribution in [3.05, 3.63) is 23.8 Å². The second-order valence-corrected chi connectivity index (χ2v) is 4.48. The van der Waals surface area contributed by atoms with E-state index in [2.05, 4.69) is 5.32 Å². The average molecular weight is 205 g/mol. The van der Waals surface area contributed by atoms with E-state index in [0.29, 0.717) is 5.56 Å². The van der Waals surface area contributed by atoms with Crippen molar-refractivity contribution in [2.24, 2.45) is 0 Å². The molecule has 1 heterocycles. The van der Waals surface area contributed by atoms with Crippen LogP contribution in [0.1, 0.15) is 31.1 Å². The highest BCUT2D eigenvalue weighted by molar-refractivity contribution is 5.95. The molecule has 0 unspecified atom stereocenters. The van der Waals surface area contributed by atoms with E-state index >= 15 is 0 Å². The van der Waals surface area contributed by atoms with E-state index < -0.39 is 0 Å². The predicted octanol–water partition coefficient (Wildman–Crippen LogP) is 2.47. The van der Waals surface area contributed by atoms with Crippen LogP contribution in [-0.4, -0.2) is 17.9 Å². The molecule has 0 aromatic heterocycles. The van der Waals surface area contributed by atoms with Gasteiger partial charge in [-0.2, -0.15) is 0 Å². The number of carbonyl (C=O) groups excluding carboxylic acids is 1. The number of ether oxygens (including phenoxy) is 1. The molecule has 0 radical (unpaired) electrons. The lowest BCUT2D eigenvalue weighted by atomic mass is 10.1. The summed E-state index contributed by atoms with van der Waals surface area (Å²) < 4.78 is 5.80. The molecule has 3 heteroatoms. The first-order valence-corrected chi connectivity index (χ1v) is 5.06. The molecular formula is C12H15NO2. The van der Waals surface area contributed by atoms with Crippen molar-refractivity contribution in [3.63, 3.8) is 0 Å². The summed E-state index contributed by atoms with van der Waals surface area (Å²) in [4.78, 5) is 11.2. The van der Waals surface area contributed by atoms with Gasteiger partial charge in [-0.05, 0) is 39.0 Å². The number of fused-ring (bicyclic) bond motifs is 1. The van der Waals surface area contributed by atoms with Crippen LogP contribution in [-0.2, 0) is 0 Å². The molecule has 0 bridgehead atoms. The van der Waals surface area contributed by atoms with Gasteiger partial charge in [0.25, 0.3) is 0 Å². The number of hydrogen-bond acceptors (Lipinski definition) is 3. The molecule has 3 nitrogen and oxygen atoms in total. The number of ketones is 1. The Balaban J connectivity index is 2.39. The Bertz CT molecular complexity index is 410. The first-order valence-electron chi connectivity index (χ1n) is 5.06. The Morgan fingerprint density at radius 3 is 2.87 bits per heavy atom. The lowest BCUT2D eigenvalue weighted by Gasteiger charge is -2.33. The van der Waals surface area contributed by atoms with Crippen molar-refractivity contribution in [1.82, 2.24) is 0 Å². The summed E-state index contributed by atoms with van der Waals surface area (Å²) in [5.74, 6) is 0.823. The number of hydrogen-bond donors (Lipinski definition) is 1. The Kier molecular flexibility index (Phi) is 2.18. The van der Waals surface area contributed by atoms with Crippen molar-refractivity contribution in [2.45, 2.75) is 26.4 Å². The molecule has 0 atom stereocenters. The predicted molar refractivity (Wildman–Crippen MR) is 59.6 cm³/mol. The zero-order valence-corrected chi connectivity index (χ0v) is 9.26. The SMILES string of the molecule is CC(=O)c1ccc2c(c1)OC(C)(C)CN2. The van der Waals surface area contributed by atoms with Crippen molar-refractivity contribution in [2.75, 3.05) is 11.9 Å². The minimum atomic E-state index is -0.220. The summed E-state index contributed by atoms with van der Waals surface area (Å²) in [6.07, 6.45) is 0. The summed E-state index contributed by atoms with van der Waals surface area (Å²) in [5.41, 5.74) is 1.43. The quantitative estimate of drug-likeness (QED) is 0.716. The van der Waals surface area contributed by atoms with Gasteiger partial charge in [-0.3, -0.25) is 4.79 Å². The molecule has 0 spiro atoms. The van der Waals surface area contributed by atoms with Gasteiger partial charge in [0.1, 0.15) is 11.4 Å². The number of carbonyl (C=O) groups is 1. The summed E-state index contributed by atoms with van der Waals surface area (Å²) in [6.45, 7) is 6.37. The molecule has 1 aliphatic heterocycles. The first-order chi connectivity index (χ1) is 6.98. The lowest BCUT2D eigenvalue weighted by Crippen LogP contribution is -2.40. The minimum Gasteiger partial charge on any atom is -0.484 e. The Labute approximate surface area is 89.4 Å². The Morgan fingerprint density at radius 1 is 1.47 bits per heavy atom. The van der Waals surface area contributed by atoms with Crippen LogP contribution in [0.2, 0.25) is 0 Å². The van der Waals surface area contributed by atoms with Crippen LogP contribution in [0.3, 0.4) is 0 Å². The van der Waals surface area contributed by atoms with Gasteiger partial charge in [0.05, 0.1) is 12.2 Å². The molecule has 80 valence electrons. The van der Waals surface area contributed by atoms with Crippen LogP contribution >= 0.6 is 0 Å². The number of benzene rings is 1. The van der Waals surface area contributed by atoms with Gasteiger partial charge in [0, 0.05) is 5.56 Å². The Hall–Kier alpha value is -1.51. The van der Waals surface area contributed by atoms with Crippen LogP contribution in [0.4, 0.5) is 5.69 Å². The van der Waals surface area contributed by atoms with Crippen LogP contribution in [0.5, 0.6) is 5.75 Å². The normalized spacial score (nSPS) is 17.3. The van der Waals surface area contributed by atoms with Gasteiger partial charge in [-0.15, -0.1) is 0 Å². The third kappa shape index (κ3) is 1.96. The summed E-state index contributed by atoms with van der Waals surface area (Å²) in [7, 11) is 0. The first kappa shape index (κ1) is 10.0. The highest BCUT2D eigenvalue weighted by Gasteiger charge is 2.26. The maximum absolute atomic E-state index is 11.2. The summed E-state index contributed by atoms with van der Waals surface area (Å²) >= 11 is 0. The lowest BCUT2D eigenvalue weighted by molar-refractivity contribution is 0.101. The molecule has 0 aliphatic carbocycles. The monoisotopic (exact) mass is 205 g/mol. The molecule has 1 N–H and O–H groups in total. The van der Waals surface area contributed by atoms with Gasteiger partial charge in [0.2, 0.25) is 0 Å². The standard InChI is InChI=1S/C12H15NO2/c1-8(14)9-4-5-10-11(6-9)15-12(2,3)7-13-10/h4-6,13H,7H2,1-3H3. The van der Waals surface area contributed by atoms with Gasteiger partial charge >= 0.3 is 0 Å². The van der Waals surface area contributed by atoms with E-state index in [1.165, 1.54) is 0 Å². The number of anilines is 1. The largest absolute Gasteiger partial charge is 0.484 e. The molecular weight excluding hydrogens is 190 g/mol. The van der Waals surface area contributed by atoms with Gasteiger partial charge in [0.15, 0.2) is 5.78 Å². The Morgan fingerprint density at radius 2 is 2.20 bits per heavy atom. The summed E-state index contributed by atoms with van der Waals surface area (Å²) in [6, 6.07) is 5.50. The number of rotatable bonds is 1. The van der Waals surface area contributed by atoms with Gasteiger partial charge in [-0.25, -0.2) is 0 Å². The van der Waals surface area contributed by atoms with E-state index in [9.17, 15) is 4.79 Å². The molecule has 0 saturated carbocycles. The van der Waals surface area contributed by atoms with Crippen LogP contribution in [0, 0.1) is 0 Å². The van der Waals surface area contributed by atoms with E-state index in [1.54, 1.807) is 13.0 Å².